The van der Waals surface area contributed by atoms with E-state index in [0.717, 1.165) is 37.9 Å². The summed E-state index contributed by atoms with van der Waals surface area (Å²) in [6, 6.07) is 6.80. The van der Waals surface area contributed by atoms with E-state index in [2.05, 4.69) is 25.2 Å². The van der Waals surface area contributed by atoms with Gasteiger partial charge >= 0.3 is 0 Å². The molecule has 1 aromatic rings. The second-order valence-electron chi connectivity index (χ2n) is 7.59. The molecule has 0 saturated carbocycles. The number of aliphatic imine (C=N–C) groups is 1. The molecule has 0 aromatic heterocycles. The average Bonchev–Trinajstić information content (AvgIpc) is 2.57. The van der Waals surface area contributed by atoms with E-state index in [1.54, 1.807) is 33.0 Å². The van der Waals surface area contributed by atoms with Crippen molar-refractivity contribution < 1.29 is 12.8 Å². The minimum atomic E-state index is -3.29. The zero-order chi connectivity index (χ0) is 20.1. The molecule has 1 aliphatic rings. The van der Waals surface area contributed by atoms with Gasteiger partial charge in [-0.05, 0) is 44.9 Å². The number of sulfonamides is 1. The van der Waals surface area contributed by atoms with Crippen LogP contribution in [-0.2, 0) is 10.0 Å². The molecular weight excluding hydrogens is 496 g/mol. The number of anilines is 1. The monoisotopic (exact) mass is 527 g/mol. The molecule has 1 fully saturated rings. The Bertz CT molecular complexity index is 773. The maximum atomic E-state index is 13.5. The molecule has 0 aliphatic carbocycles. The van der Waals surface area contributed by atoms with E-state index in [9.17, 15) is 12.8 Å². The van der Waals surface area contributed by atoms with E-state index in [4.69, 9.17) is 0 Å². The maximum absolute atomic E-state index is 13.5. The molecule has 1 saturated heterocycles. The minimum absolute atomic E-state index is 0. The van der Waals surface area contributed by atoms with Crippen molar-refractivity contribution in [1.29, 1.82) is 0 Å². The Balaban J connectivity index is 0.00000392. The second-order valence-corrected chi connectivity index (χ2v) is 9.34. The Hall–Kier alpha value is -1.14. The highest BCUT2D eigenvalue weighted by molar-refractivity contribution is 14.0. The predicted octanol–water partition coefficient (Wildman–Crippen LogP) is 1.91. The number of hydrogen-bond acceptors (Lipinski definition) is 4. The fourth-order valence-corrected chi connectivity index (χ4v) is 4.31. The highest BCUT2D eigenvalue weighted by atomic mass is 127. The number of piperidine rings is 1. The molecule has 1 atom stereocenters. The smallest absolute Gasteiger partial charge is 0.209 e. The Morgan fingerprint density at radius 2 is 2.11 bits per heavy atom. The van der Waals surface area contributed by atoms with Gasteiger partial charge in [-0.3, -0.25) is 4.99 Å². The van der Waals surface area contributed by atoms with Gasteiger partial charge in [-0.1, -0.05) is 6.07 Å². The van der Waals surface area contributed by atoms with Gasteiger partial charge < -0.3 is 15.5 Å². The van der Waals surface area contributed by atoms with Crippen LogP contribution in [0.3, 0.4) is 0 Å². The van der Waals surface area contributed by atoms with Crippen molar-refractivity contribution >= 4 is 45.6 Å². The third-order valence-electron chi connectivity index (χ3n) is 4.32. The van der Waals surface area contributed by atoms with Crippen molar-refractivity contribution in [3.8, 4) is 0 Å². The van der Waals surface area contributed by atoms with Crippen molar-refractivity contribution in [2.24, 2.45) is 4.99 Å². The van der Waals surface area contributed by atoms with Gasteiger partial charge in [0.2, 0.25) is 10.0 Å². The molecule has 7 nitrogen and oxygen atoms in total. The SMILES string of the molecule is CN=C(NCC(C)(C)NS(C)(=O)=O)NC1CCCN(c2cccc(F)c2)C1.I. The summed E-state index contributed by atoms with van der Waals surface area (Å²) in [5.74, 6) is 0.380. The van der Waals surface area contributed by atoms with Gasteiger partial charge in [-0.2, -0.15) is 0 Å². The molecule has 0 spiro atoms. The molecule has 2 rings (SSSR count). The lowest BCUT2D eigenvalue weighted by atomic mass is 10.0. The molecule has 1 aromatic carbocycles. The first-order valence-corrected chi connectivity index (χ1v) is 10.9. The van der Waals surface area contributed by atoms with E-state index in [1.165, 1.54) is 6.07 Å². The van der Waals surface area contributed by atoms with Gasteiger partial charge in [-0.25, -0.2) is 17.5 Å². The predicted molar refractivity (Wildman–Crippen MR) is 124 cm³/mol. The first-order chi connectivity index (χ1) is 12.6. The van der Waals surface area contributed by atoms with Crippen LogP contribution in [0, 0.1) is 5.82 Å². The summed E-state index contributed by atoms with van der Waals surface area (Å²) >= 11 is 0. The van der Waals surface area contributed by atoms with E-state index in [1.807, 2.05) is 6.07 Å². The van der Waals surface area contributed by atoms with Crippen LogP contribution in [0.15, 0.2) is 29.3 Å². The topological polar surface area (TPSA) is 85.8 Å². The Morgan fingerprint density at radius 3 is 2.71 bits per heavy atom. The van der Waals surface area contributed by atoms with Crippen molar-refractivity contribution in [1.82, 2.24) is 15.4 Å². The number of benzene rings is 1. The summed E-state index contributed by atoms with van der Waals surface area (Å²) in [7, 11) is -1.61. The third kappa shape index (κ3) is 8.48. The Labute approximate surface area is 184 Å². The fourth-order valence-electron chi connectivity index (χ4n) is 3.23. The Kier molecular flexibility index (Phi) is 9.41. The first kappa shape index (κ1) is 24.9. The fraction of sp³-hybridized carbons (Fsp3) is 0.611. The molecule has 3 N–H and O–H groups in total. The zero-order valence-electron chi connectivity index (χ0n) is 16.8. The van der Waals surface area contributed by atoms with Crippen LogP contribution < -0.4 is 20.3 Å². The molecule has 0 radical (unpaired) electrons. The van der Waals surface area contributed by atoms with Gasteiger partial charge in [0.1, 0.15) is 5.82 Å². The highest BCUT2D eigenvalue weighted by Crippen LogP contribution is 2.20. The maximum Gasteiger partial charge on any atom is 0.209 e. The normalized spacial score (nSPS) is 18.4. The highest BCUT2D eigenvalue weighted by Gasteiger charge is 2.24. The molecule has 1 heterocycles. The third-order valence-corrected chi connectivity index (χ3v) is 5.24. The average molecular weight is 527 g/mol. The summed E-state index contributed by atoms with van der Waals surface area (Å²) < 4.78 is 39.0. The van der Waals surface area contributed by atoms with Crippen molar-refractivity contribution in [3.63, 3.8) is 0 Å². The van der Waals surface area contributed by atoms with Gasteiger partial charge in [0.05, 0.1) is 6.26 Å². The molecule has 0 amide bonds. The van der Waals surface area contributed by atoms with Crippen LogP contribution in [0.1, 0.15) is 26.7 Å². The van der Waals surface area contributed by atoms with Crippen LogP contribution in [0.25, 0.3) is 0 Å². The van der Waals surface area contributed by atoms with Crippen molar-refractivity contribution in [3.05, 3.63) is 30.1 Å². The summed E-state index contributed by atoms with van der Waals surface area (Å²) in [6.45, 7) is 5.63. The lowest BCUT2D eigenvalue weighted by Crippen LogP contribution is -2.56. The van der Waals surface area contributed by atoms with Crippen molar-refractivity contribution in [2.75, 3.05) is 37.8 Å². The molecule has 28 heavy (non-hydrogen) atoms. The molecule has 1 aliphatic heterocycles. The quantitative estimate of drug-likeness (QED) is 0.299. The molecule has 160 valence electrons. The van der Waals surface area contributed by atoms with Gasteiger partial charge in [0.25, 0.3) is 0 Å². The van der Waals surface area contributed by atoms with Crippen LogP contribution in [-0.4, -0.2) is 58.9 Å². The summed E-state index contributed by atoms with van der Waals surface area (Å²) in [6.07, 6.45) is 3.12. The largest absolute Gasteiger partial charge is 0.369 e. The van der Waals surface area contributed by atoms with Gasteiger partial charge in [0, 0.05) is 44.0 Å². The van der Waals surface area contributed by atoms with Crippen LogP contribution in [0.2, 0.25) is 0 Å². The summed E-state index contributed by atoms with van der Waals surface area (Å²) in [5.41, 5.74) is 0.230. The number of hydrogen-bond donors (Lipinski definition) is 3. The first-order valence-electron chi connectivity index (χ1n) is 9.05. The van der Waals surface area contributed by atoms with Crippen LogP contribution in [0.4, 0.5) is 10.1 Å². The number of halogens is 2. The number of nitrogens with zero attached hydrogens (tertiary/aromatic N) is 2. The van der Waals surface area contributed by atoms with E-state index >= 15 is 0 Å². The lowest BCUT2D eigenvalue weighted by Gasteiger charge is -2.36. The lowest BCUT2D eigenvalue weighted by molar-refractivity contribution is 0.436. The van der Waals surface area contributed by atoms with Crippen LogP contribution >= 0.6 is 24.0 Å². The zero-order valence-corrected chi connectivity index (χ0v) is 20.0. The van der Waals surface area contributed by atoms with Gasteiger partial charge in [-0.15, -0.1) is 24.0 Å². The summed E-state index contributed by atoms with van der Waals surface area (Å²) in [5, 5.41) is 6.56. The molecular formula is C18H31FIN5O2S. The molecule has 10 heteroatoms. The van der Waals surface area contributed by atoms with E-state index in [0.29, 0.717) is 12.5 Å². The molecule has 0 bridgehead atoms. The summed E-state index contributed by atoms with van der Waals surface area (Å²) in [4.78, 5) is 6.39. The number of nitrogens with one attached hydrogen (secondary N) is 3. The van der Waals surface area contributed by atoms with E-state index in [-0.39, 0.29) is 35.8 Å². The van der Waals surface area contributed by atoms with Crippen LogP contribution in [0.5, 0.6) is 0 Å². The second kappa shape index (κ2) is 10.6. The molecule has 1 unspecified atom stereocenters. The van der Waals surface area contributed by atoms with Crippen molar-refractivity contribution in [2.45, 2.75) is 38.3 Å². The van der Waals surface area contributed by atoms with E-state index < -0.39 is 15.6 Å². The minimum Gasteiger partial charge on any atom is -0.369 e. The van der Waals surface area contributed by atoms with Gasteiger partial charge in [0.15, 0.2) is 5.96 Å². The number of guanidine groups is 1. The standard InChI is InChI=1S/C18H30FN5O2S.HI/c1-18(2,23-27(4,25)26)13-21-17(20-3)22-15-8-6-10-24(12-15)16-9-5-7-14(19)11-16;/h5,7,9,11,15,23H,6,8,10,12-13H2,1-4H3,(H2,20,21,22);1H. The Morgan fingerprint density at radius 1 is 1.39 bits per heavy atom. The number of rotatable bonds is 6.